The zero-order valence-electron chi connectivity index (χ0n) is 19.0. The summed E-state index contributed by atoms with van der Waals surface area (Å²) in [6, 6.07) is 20.2. The van der Waals surface area contributed by atoms with Crippen molar-refractivity contribution in [2.75, 3.05) is 20.8 Å². The Bertz CT molecular complexity index is 1440. The van der Waals surface area contributed by atoms with Crippen molar-refractivity contribution in [2.24, 2.45) is 0 Å². The maximum absolute atomic E-state index is 12.9. The van der Waals surface area contributed by atoms with Gasteiger partial charge in [0, 0.05) is 6.54 Å². The standard InChI is InChI=1S/C26H25N3O4S/c1-32-22-12-9-18(15-23(22)33-2)13-14-27-24(30)16-17-7-10-19(11-8-17)29-25(31)20-5-3-4-6-21(20)28-26(29)34/h3-12,15H,13-14,16H2,1-2H3,(H,27,30)(H,28,34). The van der Waals surface area contributed by atoms with Crippen molar-refractivity contribution >= 4 is 29.0 Å². The van der Waals surface area contributed by atoms with Crippen LogP contribution in [0.3, 0.4) is 0 Å². The van der Waals surface area contributed by atoms with Gasteiger partial charge < -0.3 is 19.8 Å². The normalized spacial score (nSPS) is 10.8. The van der Waals surface area contributed by atoms with Crippen LogP contribution in [0.2, 0.25) is 0 Å². The number of aromatic nitrogens is 2. The van der Waals surface area contributed by atoms with Gasteiger partial charge in [-0.1, -0.05) is 30.3 Å². The van der Waals surface area contributed by atoms with Crippen LogP contribution in [0.1, 0.15) is 11.1 Å². The molecule has 1 aromatic heterocycles. The zero-order valence-corrected chi connectivity index (χ0v) is 19.8. The third-order valence-corrected chi connectivity index (χ3v) is 5.83. The molecule has 0 aliphatic rings. The number of carbonyl (C=O) groups excluding carboxylic acids is 1. The first kappa shape index (κ1) is 23.3. The number of carbonyl (C=O) groups is 1. The van der Waals surface area contributed by atoms with E-state index in [2.05, 4.69) is 10.3 Å². The summed E-state index contributed by atoms with van der Waals surface area (Å²) in [6.45, 7) is 0.508. The van der Waals surface area contributed by atoms with Crippen LogP contribution in [-0.4, -0.2) is 36.2 Å². The van der Waals surface area contributed by atoms with E-state index in [-0.39, 0.29) is 17.9 Å². The molecule has 0 atom stereocenters. The fraction of sp³-hybridized carbons (Fsp3) is 0.192. The van der Waals surface area contributed by atoms with Gasteiger partial charge in [-0.15, -0.1) is 0 Å². The lowest BCUT2D eigenvalue weighted by Gasteiger charge is -2.11. The maximum atomic E-state index is 12.9. The molecule has 2 N–H and O–H groups in total. The number of amides is 1. The van der Waals surface area contributed by atoms with Crippen molar-refractivity contribution < 1.29 is 14.3 Å². The highest BCUT2D eigenvalue weighted by Crippen LogP contribution is 2.27. The van der Waals surface area contributed by atoms with Crippen LogP contribution in [0, 0.1) is 4.77 Å². The number of ether oxygens (including phenoxy) is 2. The van der Waals surface area contributed by atoms with Gasteiger partial charge in [-0.25, -0.2) is 0 Å². The molecule has 0 aliphatic heterocycles. The monoisotopic (exact) mass is 475 g/mol. The summed E-state index contributed by atoms with van der Waals surface area (Å²) < 4.78 is 12.4. The molecule has 0 fully saturated rings. The van der Waals surface area contributed by atoms with E-state index >= 15 is 0 Å². The van der Waals surface area contributed by atoms with Crippen LogP contribution in [-0.2, 0) is 17.6 Å². The molecule has 1 heterocycles. The molecule has 0 saturated heterocycles. The summed E-state index contributed by atoms with van der Waals surface area (Å²) in [5.74, 6) is 1.26. The smallest absolute Gasteiger partial charge is 0.266 e. The Labute approximate surface area is 202 Å². The molecule has 1 amide bonds. The molecule has 0 spiro atoms. The fourth-order valence-electron chi connectivity index (χ4n) is 3.79. The highest BCUT2D eigenvalue weighted by Gasteiger charge is 2.09. The maximum Gasteiger partial charge on any atom is 0.266 e. The van der Waals surface area contributed by atoms with E-state index in [1.165, 1.54) is 4.57 Å². The molecule has 3 aromatic carbocycles. The van der Waals surface area contributed by atoms with E-state index in [1.807, 2.05) is 48.5 Å². The molecular weight excluding hydrogens is 450 g/mol. The third-order valence-electron chi connectivity index (χ3n) is 5.55. The number of hydrogen-bond donors (Lipinski definition) is 2. The Kier molecular flexibility index (Phi) is 7.08. The molecule has 0 bridgehead atoms. The van der Waals surface area contributed by atoms with E-state index < -0.39 is 0 Å². The second kappa shape index (κ2) is 10.4. The van der Waals surface area contributed by atoms with Crippen LogP contribution in [0.5, 0.6) is 11.5 Å². The Hall–Kier alpha value is -3.91. The van der Waals surface area contributed by atoms with Crippen molar-refractivity contribution in [2.45, 2.75) is 12.8 Å². The van der Waals surface area contributed by atoms with Crippen LogP contribution in [0.15, 0.2) is 71.5 Å². The number of fused-ring (bicyclic) bond motifs is 1. The molecule has 0 aliphatic carbocycles. The van der Waals surface area contributed by atoms with Gasteiger partial charge in [0.15, 0.2) is 16.3 Å². The molecule has 0 saturated carbocycles. The third kappa shape index (κ3) is 5.02. The van der Waals surface area contributed by atoms with Crippen molar-refractivity contribution in [3.05, 3.63) is 93.0 Å². The average molecular weight is 476 g/mol. The number of nitrogens with zero attached hydrogens (tertiary/aromatic N) is 1. The number of aromatic amines is 1. The highest BCUT2D eigenvalue weighted by atomic mass is 32.1. The van der Waals surface area contributed by atoms with Gasteiger partial charge in [-0.3, -0.25) is 14.2 Å². The Morgan fingerprint density at radius 2 is 1.68 bits per heavy atom. The van der Waals surface area contributed by atoms with Gasteiger partial charge in [-0.05, 0) is 66.2 Å². The lowest BCUT2D eigenvalue weighted by atomic mass is 10.1. The van der Waals surface area contributed by atoms with E-state index in [0.29, 0.717) is 45.8 Å². The minimum Gasteiger partial charge on any atom is -0.493 e. The van der Waals surface area contributed by atoms with Crippen LogP contribution in [0.25, 0.3) is 16.6 Å². The van der Waals surface area contributed by atoms with Crippen molar-refractivity contribution in [1.29, 1.82) is 0 Å². The Morgan fingerprint density at radius 3 is 2.41 bits per heavy atom. The molecule has 8 heteroatoms. The van der Waals surface area contributed by atoms with Gasteiger partial charge in [0.2, 0.25) is 5.91 Å². The quantitative estimate of drug-likeness (QED) is 0.377. The average Bonchev–Trinajstić information content (AvgIpc) is 2.85. The largest absolute Gasteiger partial charge is 0.493 e. The summed E-state index contributed by atoms with van der Waals surface area (Å²) in [5.41, 5.74) is 3.06. The van der Waals surface area contributed by atoms with Gasteiger partial charge in [-0.2, -0.15) is 0 Å². The number of H-pyrrole nitrogens is 1. The minimum atomic E-state index is -0.181. The van der Waals surface area contributed by atoms with Crippen molar-refractivity contribution in [3.8, 4) is 17.2 Å². The first-order chi connectivity index (χ1) is 16.5. The highest BCUT2D eigenvalue weighted by molar-refractivity contribution is 7.71. The van der Waals surface area contributed by atoms with Gasteiger partial charge in [0.25, 0.3) is 5.56 Å². The first-order valence-electron chi connectivity index (χ1n) is 10.8. The second-order valence-electron chi connectivity index (χ2n) is 7.75. The van der Waals surface area contributed by atoms with Gasteiger partial charge in [0.05, 0.1) is 37.2 Å². The zero-order chi connectivity index (χ0) is 24.1. The second-order valence-corrected chi connectivity index (χ2v) is 8.14. The van der Waals surface area contributed by atoms with E-state index in [9.17, 15) is 9.59 Å². The van der Waals surface area contributed by atoms with Crippen molar-refractivity contribution in [1.82, 2.24) is 14.9 Å². The topological polar surface area (TPSA) is 85.4 Å². The van der Waals surface area contributed by atoms with E-state index in [1.54, 1.807) is 32.4 Å². The molecule has 34 heavy (non-hydrogen) atoms. The van der Waals surface area contributed by atoms with Gasteiger partial charge >= 0.3 is 0 Å². The Morgan fingerprint density at radius 1 is 0.971 bits per heavy atom. The number of benzene rings is 3. The number of hydrogen-bond acceptors (Lipinski definition) is 5. The van der Waals surface area contributed by atoms with E-state index in [4.69, 9.17) is 21.7 Å². The lowest BCUT2D eigenvalue weighted by Crippen LogP contribution is -2.27. The summed E-state index contributed by atoms with van der Waals surface area (Å²) in [4.78, 5) is 28.4. The van der Waals surface area contributed by atoms with E-state index in [0.717, 1.165) is 11.1 Å². The summed E-state index contributed by atoms with van der Waals surface area (Å²) in [7, 11) is 3.19. The van der Waals surface area contributed by atoms with Crippen LogP contribution < -0.4 is 20.3 Å². The number of nitrogens with one attached hydrogen (secondary N) is 2. The molecular formula is C26H25N3O4S. The molecule has 0 unspecified atom stereocenters. The van der Waals surface area contributed by atoms with Crippen molar-refractivity contribution in [3.63, 3.8) is 0 Å². The molecule has 4 rings (SSSR count). The van der Waals surface area contributed by atoms with Crippen LogP contribution in [0.4, 0.5) is 0 Å². The lowest BCUT2D eigenvalue weighted by molar-refractivity contribution is -0.120. The summed E-state index contributed by atoms with van der Waals surface area (Å²) in [5, 5.41) is 3.51. The molecule has 4 aromatic rings. The summed E-state index contributed by atoms with van der Waals surface area (Å²) >= 11 is 5.40. The molecule has 7 nitrogen and oxygen atoms in total. The van der Waals surface area contributed by atoms with Crippen LogP contribution >= 0.6 is 12.2 Å². The number of methoxy groups -OCH3 is 2. The number of para-hydroxylation sites is 1. The first-order valence-corrected chi connectivity index (χ1v) is 11.2. The fourth-order valence-corrected chi connectivity index (χ4v) is 4.09. The number of rotatable bonds is 8. The SMILES string of the molecule is COc1ccc(CCNC(=O)Cc2ccc(-n3c(=S)[nH]c4ccccc4c3=O)cc2)cc1OC. The summed E-state index contributed by atoms with van der Waals surface area (Å²) in [6.07, 6.45) is 0.916. The van der Waals surface area contributed by atoms with Gasteiger partial charge in [0.1, 0.15) is 0 Å². The molecule has 174 valence electrons. The Balaban J connectivity index is 1.39. The predicted octanol–water partition coefficient (Wildman–Crippen LogP) is 3.97. The predicted molar refractivity (Wildman–Crippen MR) is 135 cm³/mol. The minimum absolute atomic E-state index is 0.0756. The molecule has 0 radical (unpaired) electrons.